The molecule has 1 N–H and O–H groups in total. The number of nitrogens with zero attached hydrogens (tertiary/aromatic N) is 1. The normalized spacial score (nSPS) is 24.1. The van der Waals surface area contributed by atoms with Gasteiger partial charge in [0.2, 0.25) is 11.8 Å². The molecule has 0 radical (unpaired) electrons. The summed E-state index contributed by atoms with van der Waals surface area (Å²) in [6, 6.07) is 26.7. The average molecular weight is 577 g/mol. The van der Waals surface area contributed by atoms with Crippen LogP contribution in [0.1, 0.15) is 88.5 Å². The van der Waals surface area contributed by atoms with Gasteiger partial charge in [-0.2, -0.15) is 0 Å². The molecule has 4 nitrogen and oxygen atoms in total. The molecule has 1 saturated carbocycles. The number of nitrogens with one attached hydrogen (secondary N) is 1. The SMILES string of the molecule is C/C(=C\C(C(=O)NC[C@]1(C)CCC[C@]2(C)c3ccc(C(C)C)cc3CC[C@@H]12)C(=O)N(C)c1ccccc1)c1ccccc1. The topological polar surface area (TPSA) is 49.4 Å². The smallest absolute Gasteiger partial charge is 0.243 e. The van der Waals surface area contributed by atoms with E-state index < -0.39 is 5.92 Å². The Kier molecular flexibility index (Phi) is 8.96. The van der Waals surface area contributed by atoms with E-state index in [1.807, 2.05) is 73.7 Å². The van der Waals surface area contributed by atoms with Crippen molar-refractivity contribution in [2.75, 3.05) is 18.5 Å². The number of carbonyl (C=O) groups is 2. The van der Waals surface area contributed by atoms with Crippen molar-refractivity contribution in [2.45, 2.75) is 78.1 Å². The van der Waals surface area contributed by atoms with E-state index in [9.17, 15) is 9.59 Å². The minimum Gasteiger partial charge on any atom is -0.355 e. The van der Waals surface area contributed by atoms with Gasteiger partial charge in [0.1, 0.15) is 5.92 Å². The number of aryl methyl sites for hydroxylation is 1. The first kappa shape index (κ1) is 30.8. The van der Waals surface area contributed by atoms with Crippen molar-refractivity contribution in [2.24, 2.45) is 17.3 Å². The lowest BCUT2D eigenvalue weighted by Crippen LogP contribution is -2.54. The quantitative estimate of drug-likeness (QED) is 0.274. The molecule has 43 heavy (non-hydrogen) atoms. The molecule has 1 unspecified atom stereocenters. The highest BCUT2D eigenvalue weighted by molar-refractivity contribution is 6.09. The zero-order valence-electron chi connectivity index (χ0n) is 26.8. The second-order valence-corrected chi connectivity index (χ2v) is 13.7. The van der Waals surface area contributed by atoms with Crippen molar-refractivity contribution in [1.82, 2.24) is 5.32 Å². The summed E-state index contributed by atoms with van der Waals surface area (Å²) in [6.07, 6.45) is 7.44. The van der Waals surface area contributed by atoms with Gasteiger partial charge in [0.05, 0.1) is 0 Å². The summed E-state index contributed by atoms with van der Waals surface area (Å²) in [6.45, 7) is 11.9. The van der Waals surface area contributed by atoms with E-state index in [1.165, 1.54) is 23.1 Å². The highest BCUT2D eigenvalue weighted by Gasteiger charge is 2.51. The molecule has 3 aromatic rings. The van der Waals surface area contributed by atoms with Crippen LogP contribution in [0.15, 0.2) is 84.9 Å². The van der Waals surface area contributed by atoms with Crippen molar-refractivity contribution in [3.63, 3.8) is 0 Å². The Balaban J connectivity index is 1.39. The molecule has 4 heteroatoms. The summed E-state index contributed by atoms with van der Waals surface area (Å²) in [5.41, 5.74) is 7.17. The maximum Gasteiger partial charge on any atom is 0.243 e. The number of allylic oxidation sites excluding steroid dienone is 1. The van der Waals surface area contributed by atoms with E-state index in [1.54, 1.807) is 11.9 Å². The van der Waals surface area contributed by atoms with Crippen LogP contribution in [0.2, 0.25) is 0 Å². The van der Waals surface area contributed by atoms with Crippen LogP contribution in [0.5, 0.6) is 0 Å². The molecule has 0 saturated heterocycles. The van der Waals surface area contributed by atoms with Crippen LogP contribution in [0.4, 0.5) is 5.69 Å². The molecule has 3 aromatic carbocycles. The lowest BCUT2D eigenvalue weighted by molar-refractivity contribution is -0.132. The number of carbonyl (C=O) groups excluding carboxylic acids is 2. The Labute approximate surface area is 258 Å². The number of benzene rings is 3. The Morgan fingerprint density at radius 3 is 2.33 bits per heavy atom. The number of anilines is 1. The molecule has 0 bridgehead atoms. The van der Waals surface area contributed by atoms with E-state index in [2.05, 4.69) is 51.2 Å². The van der Waals surface area contributed by atoms with Gasteiger partial charge in [-0.25, -0.2) is 0 Å². The molecular formula is C39H48N2O2. The van der Waals surface area contributed by atoms with Gasteiger partial charge in [-0.1, -0.05) is 107 Å². The number of para-hydroxylation sites is 1. The van der Waals surface area contributed by atoms with Crippen LogP contribution in [0, 0.1) is 17.3 Å². The van der Waals surface area contributed by atoms with Crippen molar-refractivity contribution in [3.05, 3.63) is 107 Å². The lowest BCUT2D eigenvalue weighted by Gasteiger charge is -2.55. The van der Waals surface area contributed by atoms with Crippen LogP contribution in [0.3, 0.4) is 0 Å². The van der Waals surface area contributed by atoms with Gasteiger partial charge in [0.25, 0.3) is 0 Å². The fourth-order valence-electron chi connectivity index (χ4n) is 7.91. The number of hydrogen-bond acceptors (Lipinski definition) is 2. The first-order valence-electron chi connectivity index (χ1n) is 16.0. The van der Waals surface area contributed by atoms with E-state index in [0.717, 1.165) is 42.5 Å². The molecule has 226 valence electrons. The Bertz CT molecular complexity index is 1480. The molecule has 5 rings (SSSR count). The van der Waals surface area contributed by atoms with Crippen molar-refractivity contribution in [3.8, 4) is 0 Å². The summed E-state index contributed by atoms with van der Waals surface area (Å²) in [5, 5.41) is 3.30. The second-order valence-electron chi connectivity index (χ2n) is 13.7. The summed E-state index contributed by atoms with van der Waals surface area (Å²) in [7, 11) is 1.75. The molecule has 4 atom stereocenters. The molecule has 0 heterocycles. The number of hydrogen-bond donors (Lipinski definition) is 1. The van der Waals surface area contributed by atoms with Crippen LogP contribution in [-0.2, 0) is 21.4 Å². The lowest BCUT2D eigenvalue weighted by atomic mass is 9.49. The van der Waals surface area contributed by atoms with E-state index in [0.29, 0.717) is 18.4 Å². The summed E-state index contributed by atoms with van der Waals surface area (Å²) in [4.78, 5) is 29.5. The highest BCUT2D eigenvalue weighted by atomic mass is 16.2. The average Bonchev–Trinajstić information content (AvgIpc) is 3.02. The molecular weight excluding hydrogens is 528 g/mol. The van der Waals surface area contributed by atoms with Gasteiger partial charge in [0, 0.05) is 19.3 Å². The first-order valence-corrected chi connectivity index (χ1v) is 16.0. The minimum absolute atomic E-state index is 0.0474. The summed E-state index contributed by atoms with van der Waals surface area (Å²) in [5.74, 6) is -0.391. The van der Waals surface area contributed by atoms with Gasteiger partial charge in [-0.05, 0) is 95.2 Å². The monoisotopic (exact) mass is 576 g/mol. The van der Waals surface area contributed by atoms with Gasteiger partial charge >= 0.3 is 0 Å². The van der Waals surface area contributed by atoms with Crippen molar-refractivity contribution < 1.29 is 9.59 Å². The number of fused-ring (bicyclic) bond motifs is 3. The number of rotatable bonds is 8. The molecule has 0 spiro atoms. The van der Waals surface area contributed by atoms with E-state index >= 15 is 0 Å². The predicted molar refractivity (Wildman–Crippen MR) is 178 cm³/mol. The molecule has 2 amide bonds. The molecule has 0 aliphatic heterocycles. The van der Waals surface area contributed by atoms with Crippen LogP contribution >= 0.6 is 0 Å². The van der Waals surface area contributed by atoms with Gasteiger partial charge in [0.15, 0.2) is 0 Å². The molecule has 1 fully saturated rings. The zero-order chi connectivity index (χ0) is 30.8. The molecule has 0 aromatic heterocycles. The third-order valence-corrected chi connectivity index (χ3v) is 10.5. The maximum atomic E-state index is 14.0. The largest absolute Gasteiger partial charge is 0.355 e. The zero-order valence-corrected chi connectivity index (χ0v) is 26.8. The molecule has 2 aliphatic rings. The molecule has 2 aliphatic carbocycles. The van der Waals surface area contributed by atoms with Crippen LogP contribution in [-0.4, -0.2) is 25.4 Å². The first-order chi connectivity index (χ1) is 20.5. The standard InChI is InChI=1S/C39H48N2O2/c1-27(2)30-18-20-34-31(25-30)19-21-35-38(4,22-13-23-39(34,35)5)26-40-36(42)33(24-28(3)29-14-9-7-10-15-29)37(43)41(6)32-16-11-8-12-17-32/h7-12,14-18,20,24-25,27,33,35H,13,19,21-23,26H2,1-6H3,(H,40,42)/b28-24+/t33?,35-,38-,39+/m0/s1. The Morgan fingerprint density at radius 2 is 1.65 bits per heavy atom. The van der Waals surface area contributed by atoms with Crippen molar-refractivity contribution in [1.29, 1.82) is 0 Å². The second kappa shape index (κ2) is 12.5. The maximum absolute atomic E-state index is 14.0. The van der Waals surface area contributed by atoms with Gasteiger partial charge in [-0.15, -0.1) is 0 Å². The van der Waals surface area contributed by atoms with Crippen molar-refractivity contribution >= 4 is 23.1 Å². The third kappa shape index (κ3) is 6.20. The highest BCUT2D eigenvalue weighted by Crippen LogP contribution is 2.57. The minimum atomic E-state index is -0.925. The fraction of sp³-hybridized carbons (Fsp3) is 0.436. The van der Waals surface area contributed by atoms with Crippen LogP contribution in [0.25, 0.3) is 5.57 Å². The van der Waals surface area contributed by atoms with Crippen LogP contribution < -0.4 is 10.2 Å². The fourth-order valence-corrected chi connectivity index (χ4v) is 7.91. The van der Waals surface area contributed by atoms with Gasteiger partial charge < -0.3 is 10.2 Å². The third-order valence-electron chi connectivity index (χ3n) is 10.5. The predicted octanol–water partition coefficient (Wildman–Crippen LogP) is 8.32. The Morgan fingerprint density at radius 1 is 0.977 bits per heavy atom. The van der Waals surface area contributed by atoms with E-state index in [-0.39, 0.29) is 22.6 Å². The van der Waals surface area contributed by atoms with Gasteiger partial charge in [-0.3, -0.25) is 9.59 Å². The summed E-state index contributed by atoms with van der Waals surface area (Å²) >= 11 is 0. The van der Waals surface area contributed by atoms with E-state index in [4.69, 9.17) is 0 Å². The number of amides is 2. The Hall–Kier alpha value is -3.66. The summed E-state index contributed by atoms with van der Waals surface area (Å²) < 4.78 is 0.